The molecular formula is C16H28N2O2S. The lowest BCUT2D eigenvalue weighted by atomic mass is 10.1. The van der Waals surface area contributed by atoms with Crippen LogP contribution < -0.4 is 5.32 Å². The Kier molecular flexibility index (Phi) is 6.84. The van der Waals surface area contributed by atoms with Crippen LogP contribution in [0.5, 0.6) is 0 Å². The van der Waals surface area contributed by atoms with E-state index in [0.717, 1.165) is 24.1 Å². The van der Waals surface area contributed by atoms with Gasteiger partial charge in [0.25, 0.3) is 0 Å². The van der Waals surface area contributed by atoms with Crippen LogP contribution in [0.3, 0.4) is 0 Å². The van der Waals surface area contributed by atoms with Crippen LogP contribution in [-0.2, 0) is 22.3 Å². The van der Waals surface area contributed by atoms with Gasteiger partial charge >= 0.3 is 0 Å². The first kappa shape index (κ1) is 18.1. The summed E-state index contributed by atoms with van der Waals surface area (Å²) in [5.41, 5.74) is 1.98. The molecule has 21 heavy (non-hydrogen) atoms. The van der Waals surface area contributed by atoms with E-state index in [-0.39, 0.29) is 11.8 Å². The first-order valence-corrected chi connectivity index (χ1v) is 9.05. The Morgan fingerprint density at radius 2 is 1.62 bits per heavy atom. The van der Waals surface area contributed by atoms with E-state index < -0.39 is 10.0 Å². The van der Waals surface area contributed by atoms with Crippen LogP contribution in [0, 0.1) is 5.92 Å². The quantitative estimate of drug-likeness (QED) is 0.803. The molecular weight excluding hydrogens is 284 g/mol. The molecule has 1 aromatic carbocycles. The van der Waals surface area contributed by atoms with Crippen LogP contribution in [0.2, 0.25) is 0 Å². The molecule has 0 radical (unpaired) electrons. The molecule has 0 aromatic heterocycles. The molecule has 0 aliphatic heterocycles. The van der Waals surface area contributed by atoms with Crippen molar-refractivity contribution in [3.8, 4) is 0 Å². The van der Waals surface area contributed by atoms with Crippen LogP contribution in [0.15, 0.2) is 24.3 Å². The molecule has 1 unspecified atom stereocenters. The van der Waals surface area contributed by atoms with E-state index in [1.54, 1.807) is 7.05 Å². The van der Waals surface area contributed by atoms with Gasteiger partial charge in [-0.2, -0.15) is 0 Å². The van der Waals surface area contributed by atoms with Gasteiger partial charge in [-0.05, 0) is 37.4 Å². The highest BCUT2D eigenvalue weighted by molar-refractivity contribution is 7.88. The normalized spacial score (nSPS) is 13.9. The second kappa shape index (κ2) is 7.92. The Bertz CT molecular complexity index is 524. The highest BCUT2D eigenvalue weighted by atomic mass is 32.2. The van der Waals surface area contributed by atoms with E-state index in [4.69, 9.17) is 0 Å². The van der Waals surface area contributed by atoms with Crippen molar-refractivity contribution in [1.29, 1.82) is 0 Å². The molecule has 0 fully saturated rings. The summed E-state index contributed by atoms with van der Waals surface area (Å²) in [4.78, 5) is 0. The third kappa shape index (κ3) is 5.77. The van der Waals surface area contributed by atoms with Gasteiger partial charge in [0, 0.05) is 19.6 Å². The Labute approximate surface area is 129 Å². The minimum Gasteiger partial charge on any atom is -0.316 e. The Balaban J connectivity index is 2.75. The molecule has 0 aliphatic carbocycles. The van der Waals surface area contributed by atoms with Crippen LogP contribution in [0.25, 0.3) is 0 Å². The number of nitrogens with one attached hydrogen (secondary N) is 1. The molecule has 4 nitrogen and oxygen atoms in total. The van der Waals surface area contributed by atoms with Crippen molar-refractivity contribution in [2.24, 2.45) is 5.92 Å². The summed E-state index contributed by atoms with van der Waals surface area (Å²) in [6.07, 6.45) is 0.872. The number of sulfonamides is 1. The van der Waals surface area contributed by atoms with Gasteiger partial charge in [-0.3, -0.25) is 0 Å². The van der Waals surface area contributed by atoms with E-state index in [2.05, 4.69) is 19.2 Å². The minimum absolute atomic E-state index is 0.0264. The van der Waals surface area contributed by atoms with Crippen molar-refractivity contribution in [2.45, 2.75) is 45.5 Å². The Morgan fingerprint density at radius 1 is 1.10 bits per heavy atom. The second-order valence-electron chi connectivity index (χ2n) is 6.10. The first-order valence-electron chi connectivity index (χ1n) is 7.44. The molecule has 0 heterocycles. The number of hydrogen-bond donors (Lipinski definition) is 1. The molecule has 0 aliphatic rings. The zero-order chi connectivity index (χ0) is 16.0. The molecule has 0 bridgehead atoms. The molecule has 1 N–H and O–H groups in total. The first-order chi connectivity index (χ1) is 9.76. The van der Waals surface area contributed by atoms with Gasteiger partial charge in [-0.15, -0.1) is 0 Å². The lowest BCUT2D eigenvalue weighted by molar-refractivity contribution is 0.337. The van der Waals surface area contributed by atoms with E-state index in [1.807, 2.05) is 38.2 Å². The molecule has 0 amide bonds. The standard InChI is InChI=1S/C16H28N2O2S/c1-13(2)10-14(3)18(5)21(19,20)12-16-8-6-15(7-9-16)11-17-4/h6-9,13-14,17H,10-12H2,1-5H3. The highest BCUT2D eigenvalue weighted by Gasteiger charge is 2.24. The van der Waals surface area contributed by atoms with Crippen LogP contribution in [0.4, 0.5) is 0 Å². The molecule has 1 atom stereocenters. The van der Waals surface area contributed by atoms with E-state index in [9.17, 15) is 8.42 Å². The zero-order valence-electron chi connectivity index (χ0n) is 13.8. The lowest BCUT2D eigenvalue weighted by Crippen LogP contribution is -2.36. The van der Waals surface area contributed by atoms with E-state index in [1.165, 1.54) is 4.31 Å². The molecule has 0 spiro atoms. The van der Waals surface area contributed by atoms with Gasteiger partial charge in [0.2, 0.25) is 10.0 Å². The van der Waals surface area contributed by atoms with Crippen molar-refractivity contribution in [2.75, 3.05) is 14.1 Å². The Hall–Kier alpha value is -0.910. The van der Waals surface area contributed by atoms with E-state index in [0.29, 0.717) is 5.92 Å². The van der Waals surface area contributed by atoms with Crippen LogP contribution in [0.1, 0.15) is 38.3 Å². The summed E-state index contributed by atoms with van der Waals surface area (Å²) < 4.78 is 26.4. The minimum atomic E-state index is -3.27. The fourth-order valence-electron chi connectivity index (χ4n) is 2.37. The summed E-state index contributed by atoms with van der Waals surface area (Å²) in [6.45, 7) is 6.97. The lowest BCUT2D eigenvalue weighted by Gasteiger charge is -2.25. The predicted octanol–water partition coefficient (Wildman–Crippen LogP) is 2.60. The highest BCUT2D eigenvalue weighted by Crippen LogP contribution is 2.17. The van der Waals surface area contributed by atoms with Gasteiger partial charge in [-0.1, -0.05) is 38.1 Å². The molecule has 0 saturated carbocycles. The maximum absolute atomic E-state index is 12.4. The summed E-state index contributed by atoms with van der Waals surface area (Å²) in [5.74, 6) is 0.546. The maximum Gasteiger partial charge on any atom is 0.218 e. The predicted molar refractivity (Wildman–Crippen MR) is 88.5 cm³/mol. The van der Waals surface area contributed by atoms with Gasteiger partial charge in [0.05, 0.1) is 5.75 Å². The fraction of sp³-hybridized carbons (Fsp3) is 0.625. The SMILES string of the molecule is CNCc1ccc(CS(=O)(=O)N(C)C(C)CC(C)C)cc1. The number of nitrogens with zero attached hydrogens (tertiary/aromatic N) is 1. The van der Waals surface area contributed by atoms with Gasteiger partial charge in [-0.25, -0.2) is 12.7 Å². The smallest absolute Gasteiger partial charge is 0.218 e. The maximum atomic E-state index is 12.4. The number of rotatable bonds is 8. The van der Waals surface area contributed by atoms with Crippen molar-refractivity contribution < 1.29 is 8.42 Å². The topological polar surface area (TPSA) is 49.4 Å². The van der Waals surface area contributed by atoms with Crippen molar-refractivity contribution in [3.05, 3.63) is 35.4 Å². The van der Waals surface area contributed by atoms with Crippen LogP contribution >= 0.6 is 0 Å². The summed E-state index contributed by atoms with van der Waals surface area (Å²) in [5, 5.41) is 3.08. The Morgan fingerprint density at radius 3 is 2.10 bits per heavy atom. The van der Waals surface area contributed by atoms with Gasteiger partial charge < -0.3 is 5.32 Å². The van der Waals surface area contributed by atoms with Crippen molar-refractivity contribution in [1.82, 2.24) is 9.62 Å². The van der Waals surface area contributed by atoms with Gasteiger partial charge in [0.15, 0.2) is 0 Å². The number of hydrogen-bond acceptors (Lipinski definition) is 3. The third-order valence-corrected chi connectivity index (χ3v) is 5.56. The van der Waals surface area contributed by atoms with Crippen molar-refractivity contribution >= 4 is 10.0 Å². The van der Waals surface area contributed by atoms with Crippen LogP contribution in [-0.4, -0.2) is 32.9 Å². The van der Waals surface area contributed by atoms with Gasteiger partial charge in [0.1, 0.15) is 0 Å². The zero-order valence-corrected chi connectivity index (χ0v) is 14.6. The summed E-state index contributed by atoms with van der Waals surface area (Å²) >= 11 is 0. The summed E-state index contributed by atoms with van der Waals surface area (Å²) in [6, 6.07) is 7.76. The summed E-state index contributed by atoms with van der Waals surface area (Å²) in [7, 11) is 0.305. The van der Waals surface area contributed by atoms with E-state index >= 15 is 0 Å². The molecule has 5 heteroatoms. The second-order valence-corrected chi connectivity index (χ2v) is 8.13. The van der Waals surface area contributed by atoms with Crippen molar-refractivity contribution in [3.63, 3.8) is 0 Å². The molecule has 120 valence electrons. The number of benzene rings is 1. The molecule has 0 saturated heterocycles. The average molecular weight is 312 g/mol. The molecule has 1 aromatic rings. The molecule has 1 rings (SSSR count). The third-order valence-electron chi connectivity index (χ3n) is 3.62. The largest absolute Gasteiger partial charge is 0.316 e. The monoisotopic (exact) mass is 312 g/mol. The fourth-order valence-corrected chi connectivity index (χ4v) is 3.83. The average Bonchev–Trinajstić information content (AvgIpc) is 2.39.